The summed E-state index contributed by atoms with van der Waals surface area (Å²) in [5.41, 5.74) is 4.83. The highest BCUT2D eigenvalue weighted by Gasteiger charge is 2.24. The Balaban J connectivity index is 1.63. The molecule has 1 amide bonds. The van der Waals surface area contributed by atoms with Crippen LogP contribution in [0.1, 0.15) is 35.3 Å². The quantitative estimate of drug-likeness (QED) is 0.378. The summed E-state index contributed by atoms with van der Waals surface area (Å²) in [4.78, 5) is 16.5. The molecule has 0 aliphatic carbocycles. The molecular weight excluding hydrogens is 450 g/mol. The number of pyridine rings is 1. The SMILES string of the molecule is CC(C)(O)c1cc(F)c(-c2cc(C(N)=O)c(Nc3ccc(Cn4ccnn4)cn3)s2)c(F)c1. The normalized spacial score (nSPS) is 11.5. The second-order valence-corrected chi connectivity index (χ2v) is 8.92. The second-order valence-electron chi connectivity index (χ2n) is 7.87. The average molecular weight is 471 g/mol. The maximum Gasteiger partial charge on any atom is 0.251 e. The number of aliphatic hydroxyl groups is 1. The van der Waals surface area contributed by atoms with Crippen molar-refractivity contribution in [3.63, 3.8) is 0 Å². The molecule has 11 heteroatoms. The van der Waals surface area contributed by atoms with Gasteiger partial charge in [0.25, 0.3) is 5.91 Å². The van der Waals surface area contributed by atoms with Crippen LogP contribution in [0.2, 0.25) is 0 Å². The van der Waals surface area contributed by atoms with Gasteiger partial charge in [-0.2, -0.15) is 0 Å². The Labute approximate surface area is 191 Å². The van der Waals surface area contributed by atoms with Crippen molar-refractivity contribution < 1.29 is 18.7 Å². The fourth-order valence-corrected chi connectivity index (χ4v) is 4.28. The minimum Gasteiger partial charge on any atom is -0.386 e. The summed E-state index contributed by atoms with van der Waals surface area (Å²) in [5.74, 6) is -2.04. The molecule has 0 saturated carbocycles. The second kappa shape index (κ2) is 8.68. The molecule has 170 valence electrons. The number of rotatable bonds is 7. The molecule has 0 unspecified atom stereocenters. The van der Waals surface area contributed by atoms with E-state index in [1.165, 1.54) is 19.9 Å². The lowest BCUT2D eigenvalue weighted by molar-refractivity contribution is 0.0778. The molecule has 3 aromatic heterocycles. The Bertz CT molecular complexity index is 1270. The number of halogens is 2. The van der Waals surface area contributed by atoms with E-state index in [1.54, 1.807) is 29.3 Å². The van der Waals surface area contributed by atoms with Crippen LogP contribution in [-0.2, 0) is 12.1 Å². The first-order valence-electron chi connectivity index (χ1n) is 9.84. The average Bonchev–Trinajstić information content (AvgIpc) is 3.38. The molecule has 1 aromatic carbocycles. The van der Waals surface area contributed by atoms with Crippen LogP contribution in [-0.4, -0.2) is 31.0 Å². The third-order valence-electron chi connectivity index (χ3n) is 4.88. The third kappa shape index (κ3) is 4.89. The predicted molar refractivity (Wildman–Crippen MR) is 120 cm³/mol. The Morgan fingerprint density at radius 1 is 1.24 bits per heavy atom. The molecule has 0 fully saturated rings. The van der Waals surface area contributed by atoms with Crippen molar-refractivity contribution in [2.24, 2.45) is 5.73 Å². The van der Waals surface area contributed by atoms with E-state index in [1.807, 2.05) is 6.07 Å². The predicted octanol–water partition coefficient (Wildman–Crippen LogP) is 3.80. The van der Waals surface area contributed by atoms with Gasteiger partial charge in [0, 0.05) is 17.3 Å². The number of hydrogen-bond donors (Lipinski definition) is 3. The van der Waals surface area contributed by atoms with Crippen molar-refractivity contribution in [3.8, 4) is 10.4 Å². The number of carbonyl (C=O) groups excluding carboxylic acids is 1. The first kappa shape index (κ1) is 22.5. The van der Waals surface area contributed by atoms with Crippen LogP contribution in [0, 0.1) is 11.6 Å². The number of carbonyl (C=O) groups is 1. The van der Waals surface area contributed by atoms with Gasteiger partial charge < -0.3 is 16.2 Å². The number of amides is 1. The Hall–Kier alpha value is -3.70. The minimum atomic E-state index is -1.41. The zero-order valence-electron chi connectivity index (χ0n) is 17.7. The standard InChI is InChI=1S/C22H20F2N6O2S/c1-22(2,32)13-7-15(23)19(16(24)8-13)17-9-14(20(25)31)21(33-17)28-18-4-3-12(10-26-18)11-30-6-5-27-29-30/h3-10,32H,11H2,1-2H3,(H2,25,31)(H,26,28). The number of primary amides is 1. The van der Waals surface area contributed by atoms with Gasteiger partial charge in [0.05, 0.1) is 29.5 Å². The smallest absolute Gasteiger partial charge is 0.251 e. The summed E-state index contributed by atoms with van der Waals surface area (Å²) in [6.45, 7) is 3.36. The zero-order chi connectivity index (χ0) is 23.8. The van der Waals surface area contributed by atoms with Crippen molar-refractivity contribution in [2.45, 2.75) is 26.0 Å². The first-order chi connectivity index (χ1) is 15.6. The molecule has 4 aromatic rings. The highest BCUT2D eigenvalue weighted by molar-refractivity contribution is 7.20. The van der Waals surface area contributed by atoms with Gasteiger partial charge in [0.1, 0.15) is 22.5 Å². The highest BCUT2D eigenvalue weighted by Crippen LogP contribution is 2.40. The van der Waals surface area contributed by atoms with Gasteiger partial charge in [0.15, 0.2) is 0 Å². The number of nitrogens with two attached hydrogens (primary N) is 1. The molecule has 0 aliphatic heterocycles. The third-order valence-corrected chi connectivity index (χ3v) is 5.94. The molecule has 0 atom stereocenters. The molecule has 4 N–H and O–H groups in total. The largest absolute Gasteiger partial charge is 0.386 e. The van der Waals surface area contributed by atoms with Crippen molar-refractivity contribution in [2.75, 3.05) is 5.32 Å². The number of hydrogen-bond acceptors (Lipinski definition) is 7. The maximum atomic E-state index is 14.8. The van der Waals surface area contributed by atoms with E-state index < -0.39 is 23.1 Å². The number of thiophene rings is 1. The Kier molecular flexibility index (Phi) is 5.91. The van der Waals surface area contributed by atoms with E-state index in [9.17, 15) is 18.7 Å². The van der Waals surface area contributed by atoms with Gasteiger partial charge in [-0.25, -0.2) is 18.4 Å². The van der Waals surface area contributed by atoms with E-state index in [-0.39, 0.29) is 21.6 Å². The Morgan fingerprint density at radius 3 is 2.52 bits per heavy atom. The van der Waals surface area contributed by atoms with E-state index in [0.29, 0.717) is 17.4 Å². The van der Waals surface area contributed by atoms with Crippen LogP contribution in [0.25, 0.3) is 10.4 Å². The van der Waals surface area contributed by atoms with Gasteiger partial charge in [-0.15, -0.1) is 16.4 Å². The molecule has 0 aliphatic rings. The fourth-order valence-electron chi connectivity index (χ4n) is 3.16. The molecule has 0 radical (unpaired) electrons. The van der Waals surface area contributed by atoms with E-state index >= 15 is 0 Å². The molecular formula is C22H20F2N6O2S. The lowest BCUT2D eigenvalue weighted by Crippen LogP contribution is -2.16. The summed E-state index contributed by atoms with van der Waals surface area (Å²) in [7, 11) is 0. The molecule has 33 heavy (non-hydrogen) atoms. The first-order valence-corrected chi connectivity index (χ1v) is 10.7. The summed E-state index contributed by atoms with van der Waals surface area (Å²) in [6, 6.07) is 7.01. The van der Waals surface area contributed by atoms with Gasteiger partial charge >= 0.3 is 0 Å². The van der Waals surface area contributed by atoms with Gasteiger partial charge in [-0.1, -0.05) is 11.3 Å². The molecule has 0 bridgehead atoms. The number of anilines is 2. The minimum absolute atomic E-state index is 0.0776. The topological polar surface area (TPSA) is 119 Å². The fraction of sp³-hybridized carbons (Fsp3) is 0.182. The number of nitrogens with zero attached hydrogens (tertiary/aromatic N) is 4. The van der Waals surface area contributed by atoms with Crippen molar-refractivity contribution in [3.05, 3.63) is 77.2 Å². The molecule has 8 nitrogen and oxygen atoms in total. The Morgan fingerprint density at radius 2 is 1.97 bits per heavy atom. The number of benzene rings is 1. The van der Waals surface area contributed by atoms with Gasteiger partial charge in [-0.3, -0.25) is 4.79 Å². The summed E-state index contributed by atoms with van der Waals surface area (Å²) in [5, 5.41) is 21.0. The van der Waals surface area contributed by atoms with Crippen LogP contribution in [0.4, 0.5) is 19.6 Å². The van der Waals surface area contributed by atoms with Crippen LogP contribution < -0.4 is 11.1 Å². The van der Waals surface area contributed by atoms with Gasteiger partial charge in [-0.05, 0) is 49.2 Å². The molecule has 0 saturated heterocycles. The maximum absolute atomic E-state index is 14.8. The van der Waals surface area contributed by atoms with E-state index in [0.717, 1.165) is 29.0 Å². The lowest BCUT2D eigenvalue weighted by Gasteiger charge is -2.18. The summed E-state index contributed by atoms with van der Waals surface area (Å²) >= 11 is 0.969. The van der Waals surface area contributed by atoms with Crippen LogP contribution in [0.5, 0.6) is 0 Å². The lowest BCUT2D eigenvalue weighted by atomic mass is 9.96. The van der Waals surface area contributed by atoms with Gasteiger partial charge in [0.2, 0.25) is 0 Å². The van der Waals surface area contributed by atoms with Crippen molar-refractivity contribution in [1.29, 1.82) is 0 Å². The highest BCUT2D eigenvalue weighted by atomic mass is 32.1. The zero-order valence-corrected chi connectivity index (χ0v) is 18.5. The number of aromatic nitrogens is 4. The van der Waals surface area contributed by atoms with Crippen LogP contribution in [0.15, 0.2) is 48.9 Å². The summed E-state index contributed by atoms with van der Waals surface area (Å²) < 4.78 is 31.2. The van der Waals surface area contributed by atoms with Crippen LogP contribution in [0.3, 0.4) is 0 Å². The molecule has 3 heterocycles. The van der Waals surface area contributed by atoms with Crippen LogP contribution >= 0.6 is 11.3 Å². The number of nitrogens with one attached hydrogen (secondary N) is 1. The molecule has 0 spiro atoms. The summed E-state index contributed by atoms with van der Waals surface area (Å²) in [6.07, 6.45) is 4.94. The van der Waals surface area contributed by atoms with E-state index in [4.69, 9.17) is 5.73 Å². The monoisotopic (exact) mass is 470 g/mol. The van der Waals surface area contributed by atoms with Crippen molar-refractivity contribution >= 4 is 28.1 Å². The van der Waals surface area contributed by atoms with E-state index in [2.05, 4.69) is 20.6 Å². The van der Waals surface area contributed by atoms with Crippen molar-refractivity contribution in [1.82, 2.24) is 20.0 Å². The molecule has 4 rings (SSSR count).